The van der Waals surface area contributed by atoms with Gasteiger partial charge in [-0.3, -0.25) is 0 Å². The first kappa shape index (κ1) is 16.1. The lowest BCUT2D eigenvalue weighted by molar-refractivity contribution is 0.0666. The van der Waals surface area contributed by atoms with Crippen molar-refractivity contribution in [2.75, 3.05) is 6.54 Å². The molecule has 1 aromatic heterocycles. The highest BCUT2D eigenvalue weighted by Crippen LogP contribution is 2.22. The van der Waals surface area contributed by atoms with Gasteiger partial charge in [-0.25, -0.2) is 0 Å². The molecule has 0 saturated carbocycles. The summed E-state index contributed by atoms with van der Waals surface area (Å²) in [6.07, 6.45) is 2.88. The minimum atomic E-state index is -0.624. The minimum absolute atomic E-state index is 0.624. The third-order valence-electron chi connectivity index (χ3n) is 3.70. The van der Waals surface area contributed by atoms with Crippen LogP contribution < -0.4 is 5.32 Å². The van der Waals surface area contributed by atoms with Crippen molar-refractivity contribution in [3.05, 3.63) is 36.0 Å². The van der Waals surface area contributed by atoms with E-state index in [0.717, 1.165) is 26.1 Å². The summed E-state index contributed by atoms with van der Waals surface area (Å²) in [5.74, 6) is 0.658. The fraction of sp³-hybridized carbons (Fsp3) is 0.556. The third kappa shape index (κ3) is 4.58. The number of hydrogen-bond acceptors (Lipinski definition) is 2. The molecular formula is C18H28N2O. The number of nitrogens with one attached hydrogen (secondary N) is 1. The molecule has 0 atom stereocenters. The smallest absolute Gasteiger partial charge is 0.0608 e. The van der Waals surface area contributed by atoms with Gasteiger partial charge in [0.1, 0.15) is 0 Å². The molecule has 0 bridgehead atoms. The fourth-order valence-electron chi connectivity index (χ4n) is 2.56. The first-order chi connectivity index (χ1) is 9.87. The van der Waals surface area contributed by atoms with Crippen molar-refractivity contribution in [3.8, 4) is 0 Å². The Bertz CT molecular complexity index is 578. The SMILES string of the molecule is CC(C)CNCc1cccc2ccn(CCC(C)(C)O)c12. The minimum Gasteiger partial charge on any atom is -0.390 e. The van der Waals surface area contributed by atoms with Crippen molar-refractivity contribution in [1.29, 1.82) is 0 Å². The highest BCUT2D eigenvalue weighted by molar-refractivity contribution is 5.83. The second kappa shape index (κ2) is 6.63. The lowest BCUT2D eigenvalue weighted by Crippen LogP contribution is -2.21. The Balaban J connectivity index is 2.18. The molecule has 0 radical (unpaired) electrons. The molecule has 0 spiro atoms. The molecule has 1 aromatic carbocycles. The summed E-state index contributed by atoms with van der Waals surface area (Å²) in [7, 11) is 0. The lowest BCUT2D eigenvalue weighted by atomic mass is 10.1. The quantitative estimate of drug-likeness (QED) is 0.817. The van der Waals surface area contributed by atoms with Gasteiger partial charge in [0.25, 0.3) is 0 Å². The van der Waals surface area contributed by atoms with E-state index < -0.39 is 5.60 Å². The number of aromatic nitrogens is 1. The van der Waals surface area contributed by atoms with E-state index >= 15 is 0 Å². The predicted molar refractivity (Wildman–Crippen MR) is 89.4 cm³/mol. The Hall–Kier alpha value is -1.32. The van der Waals surface area contributed by atoms with Crippen molar-refractivity contribution in [1.82, 2.24) is 9.88 Å². The summed E-state index contributed by atoms with van der Waals surface area (Å²) in [6, 6.07) is 8.62. The molecule has 0 amide bonds. The van der Waals surface area contributed by atoms with E-state index in [1.165, 1.54) is 16.5 Å². The first-order valence-electron chi connectivity index (χ1n) is 7.86. The number of aryl methyl sites for hydroxylation is 1. The van der Waals surface area contributed by atoms with Crippen LogP contribution in [0.2, 0.25) is 0 Å². The molecule has 1 heterocycles. The Morgan fingerprint density at radius 1 is 1.24 bits per heavy atom. The van der Waals surface area contributed by atoms with E-state index in [-0.39, 0.29) is 0 Å². The van der Waals surface area contributed by atoms with Crippen LogP contribution in [-0.4, -0.2) is 21.8 Å². The van der Waals surface area contributed by atoms with Gasteiger partial charge >= 0.3 is 0 Å². The van der Waals surface area contributed by atoms with Crippen LogP contribution in [0.25, 0.3) is 10.9 Å². The molecule has 0 aliphatic heterocycles. The Labute approximate surface area is 128 Å². The van der Waals surface area contributed by atoms with Gasteiger partial charge in [-0.05, 0) is 49.7 Å². The molecule has 0 saturated heterocycles. The van der Waals surface area contributed by atoms with Crippen molar-refractivity contribution in [3.63, 3.8) is 0 Å². The molecule has 0 unspecified atom stereocenters. The predicted octanol–water partition coefficient (Wildman–Crippen LogP) is 3.55. The molecule has 0 fully saturated rings. The van der Waals surface area contributed by atoms with Gasteiger partial charge in [0.05, 0.1) is 11.1 Å². The van der Waals surface area contributed by atoms with E-state index in [4.69, 9.17) is 0 Å². The standard InChI is InChI=1S/C18H28N2O/c1-14(2)12-19-13-16-7-5-6-15-8-10-20(17(15)16)11-9-18(3,4)21/h5-8,10,14,19,21H,9,11-13H2,1-4H3. The zero-order chi connectivity index (χ0) is 15.5. The Morgan fingerprint density at radius 2 is 2.00 bits per heavy atom. The first-order valence-corrected chi connectivity index (χ1v) is 7.86. The summed E-state index contributed by atoms with van der Waals surface area (Å²) in [4.78, 5) is 0. The van der Waals surface area contributed by atoms with Gasteiger partial charge < -0.3 is 15.0 Å². The average molecular weight is 288 g/mol. The van der Waals surface area contributed by atoms with Crippen molar-refractivity contribution >= 4 is 10.9 Å². The van der Waals surface area contributed by atoms with Crippen molar-refractivity contribution < 1.29 is 5.11 Å². The number of fused-ring (bicyclic) bond motifs is 1. The number of benzene rings is 1. The number of rotatable bonds is 7. The van der Waals surface area contributed by atoms with Crippen molar-refractivity contribution in [2.24, 2.45) is 5.92 Å². The molecule has 3 heteroatoms. The molecule has 2 N–H and O–H groups in total. The van der Waals surface area contributed by atoms with Gasteiger partial charge in [0.15, 0.2) is 0 Å². The van der Waals surface area contributed by atoms with E-state index in [1.807, 2.05) is 13.8 Å². The van der Waals surface area contributed by atoms with Crippen LogP contribution in [0.3, 0.4) is 0 Å². The van der Waals surface area contributed by atoms with Crippen LogP contribution in [0.15, 0.2) is 30.5 Å². The molecule has 116 valence electrons. The van der Waals surface area contributed by atoms with Gasteiger partial charge in [-0.1, -0.05) is 32.0 Å². The number of hydrogen-bond donors (Lipinski definition) is 2. The molecule has 3 nitrogen and oxygen atoms in total. The molecule has 0 aliphatic rings. The summed E-state index contributed by atoms with van der Waals surface area (Å²) >= 11 is 0. The highest BCUT2D eigenvalue weighted by Gasteiger charge is 2.14. The van der Waals surface area contributed by atoms with Gasteiger partial charge in [0.2, 0.25) is 0 Å². The second-order valence-corrected chi connectivity index (χ2v) is 6.95. The lowest BCUT2D eigenvalue weighted by Gasteiger charge is -2.18. The maximum atomic E-state index is 9.93. The summed E-state index contributed by atoms with van der Waals surface area (Å²) in [5, 5.41) is 14.7. The van der Waals surface area contributed by atoms with E-state index in [2.05, 4.69) is 54.2 Å². The maximum Gasteiger partial charge on any atom is 0.0608 e. The monoisotopic (exact) mass is 288 g/mol. The van der Waals surface area contributed by atoms with Crippen LogP contribution in [0.1, 0.15) is 39.7 Å². The van der Waals surface area contributed by atoms with Gasteiger partial charge in [0, 0.05) is 19.3 Å². The molecule has 0 aliphatic carbocycles. The fourth-order valence-corrected chi connectivity index (χ4v) is 2.56. The largest absolute Gasteiger partial charge is 0.390 e. The normalized spacial score (nSPS) is 12.5. The van der Waals surface area contributed by atoms with E-state index in [1.54, 1.807) is 0 Å². The van der Waals surface area contributed by atoms with E-state index in [0.29, 0.717) is 5.92 Å². The van der Waals surface area contributed by atoms with Crippen LogP contribution in [0.4, 0.5) is 0 Å². The summed E-state index contributed by atoms with van der Waals surface area (Å²) < 4.78 is 2.26. The zero-order valence-corrected chi connectivity index (χ0v) is 13.7. The average Bonchev–Trinajstić information content (AvgIpc) is 2.79. The van der Waals surface area contributed by atoms with Crippen LogP contribution >= 0.6 is 0 Å². The summed E-state index contributed by atoms with van der Waals surface area (Å²) in [5.41, 5.74) is 1.99. The van der Waals surface area contributed by atoms with E-state index in [9.17, 15) is 5.11 Å². The van der Waals surface area contributed by atoms with Gasteiger partial charge in [-0.15, -0.1) is 0 Å². The maximum absolute atomic E-state index is 9.93. The topological polar surface area (TPSA) is 37.2 Å². The van der Waals surface area contributed by atoms with Crippen molar-refractivity contribution in [2.45, 2.75) is 52.8 Å². The van der Waals surface area contributed by atoms with Crippen LogP contribution in [0, 0.1) is 5.92 Å². The van der Waals surface area contributed by atoms with Crippen LogP contribution in [0.5, 0.6) is 0 Å². The molecule has 2 rings (SSSR count). The highest BCUT2D eigenvalue weighted by atomic mass is 16.3. The second-order valence-electron chi connectivity index (χ2n) is 6.95. The third-order valence-corrected chi connectivity index (χ3v) is 3.70. The molecule has 2 aromatic rings. The Kier molecular flexibility index (Phi) is 5.07. The Morgan fingerprint density at radius 3 is 2.67 bits per heavy atom. The number of nitrogens with zero attached hydrogens (tertiary/aromatic N) is 1. The van der Waals surface area contributed by atoms with Crippen LogP contribution in [-0.2, 0) is 13.1 Å². The van der Waals surface area contributed by atoms with Gasteiger partial charge in [-0.2, -0.15) is 0 Å². The molecular weight excluding hydrogens is 260 g/mol. The zero-order valence-electron chi connectivity index (χ0n) is 13.7. The number of aliphatic hydroxyl groups is 1. The molecule has 21 heavy (non-hydrogen) atoms. The number of para-hydroxylation sites is 1. The summed E-state index contributed by atoms with van der Waals surface area (Å²) in [6.45, 7) is 10.9.